The molecule has 1 atom stereocenters. The number of nitrogens with zero attached hydrogens (tertiary/aromatic N) is 3. The van der Waals surface area contributed by atoms with E-state index in [4.69, 9.17) is 4.74 Å². The highest BCUT2D eigenvalue weighted by Gasteiger charge is 2.48. The van der Waals surface area contributed by atoms with Gasteiger partial charge < -0.3 is 19.9 Å². The summed E-state index contributed by atoms with van der Waals surface area (Å²) in [7, 11) is 0. The van der Waals surface area contributed by atoms with E-state index in [-0.39, 0.29) is 23.3 Å². The zero-order chi connectivity index (χ0) is 20.6. The second-order valence-corrected chi connectivity index (χ2v) is 8.11. The quantitative estimate of drug-likeness (QED) is 0.692. The van der Waals surface area contributed by atoms with Crippen LogP contribution in [0.5, 0.6) is 0 Å². The Balaban J connectivity index is 1.12. The number of H-pyrrole nitrogens is 1. The third-order valence-corrected chi connectivity index (χ3v) is 6.05. The number of fused-ring (bicyclic) bond motifs is 1. The fourth-order valence-electron chi connectivity index (χ4n) is 4.28. The van der Waals surface area contributed by atoms with E-state index in [0.717, 1.165) is 23.7 Å². The highest BCUT2D eigenvalue weighted by atomic mass is 16.5. The first-order chi connectivity index (χ1) is 14.6. The molecule has 154 valence electrons. The van der Waals surface area contributed by atoms with E-state index >= 15 is 0 Å². The maximum atomic E-state index is 12.9. The van der Waals surface area contributed by atoms with Crippen LogP contribution in [0.25, 0.3) is 10.9 Å². The highest BCUT2D eigenvalue weighted by molar-refractivity contribution is 6.07. The molecule has 1 spiro atoms. The molecule has 0 bridgehead atoms. The maximum Gasteiger partial charge on any atom is 0.271 e. The SMILES string of the molecule is O=C(NC[C@H]1CCC2(CN(C(=O)c3c[nH]c4ccccc34)C2)OC1)c1cnccn1. The van der Waals surface area contributed by atoms with Gasteiger partial charge in [0.2, 0.25) is 0 Å². The van der Waals surface area contributed by atoms with Crippen molar-refractivity contribution in [3.63, 3.8) is 0 Å². The van der Waals surface area contributed by atoms with Crippen molar-refractivity contribution in [2.75, 3.05) is 26.2 Å². The van der Waals surface area contributed by atoms with Crippen molar-refractivity contribution in [3.8, 4) is 0 Å². The molecule has 8 nitrogen and oxygen atoms in total. The van der Waals surface area contributed by atoms with E-state index < -0.39 is 0 Å². The summed E-state index contributed by atoms with van der Waals surface area (Å²) < 4.78 is 6.16. The Hall–Kier alpha value is -3.26. The Morgan fingerprint density at radius 1 is 1.27 bits per heavy atom. The Morgan fingerprint density at radius 2 is 2.13 bits per heavy atom. The van der Waals surface area contributed by atoms with Crippen molar-refractivity contribution < 1.29 is 14.3 Å². The zero-order valence-electron chi connectivity index (χ0n) is 16.5. The fourth-order valence-corrected chi connectivity index (χ4v) is 4.28. The van der Waals surface area contributed by atoms with E-state index in [1.807, 2.05) is 29.2 Å². The normalized spacial score (nSPS) is 20.1. The number of carbonyl (C=O) groups excluding carboxylic acids is 2. The molecule has 2 aliphatic heterocycles. The lowest BCUT2D eigenvalue weighted by Crippen LogP contribution is -2.66. The summed E-state index contributed by atoms with van der Waals surface area (Å²) in [6, 6.07) is 7.83. The van der Waals surface area contributed by atoms with Gasteiger partial charge >= 0.3 is 0 Å². The molecule has 2 amide bonds. The molecule has 2 saturated heterocycles. The van der Waals surface area contributed by atoms with E-state index in [1.54, 1.807) is 6.20 Å². The maximum absolute atomic E-state index is 12.9. The average Bonchev–Trinajstić information content (AvgIpc) is 3.20. The summed E-state index contributed by atoms with van der Waals surface area (Å²) in [4.78, 5) is 37.9. The van der Waals surface area contributed by atoms with Crippen LogP contribution in [-0.4, -0.2) is 63.5 Å². The van der Waals surface area contributed by atoms with Crippen LogP contribution < -0.4 is 5.32 Å². The van der Waals surface area contributed by atoms with Crippen molar-refractivity contribution in [3.05, 3.63) is 60.3 Å². The van der Waals surface area contributed by atoms with Crippen molar-refractivity contribution >= 4 is 22.7 Å². The molecule has 2 N–H and O–H groups in total. The molecule has 4 heterocycles. The van der Waals surface area contributed by atoms with E-state index in [0.29, 0.717) is 37.5 Å². The number of rotatable bonds is 4. The molecule has 0 radical (unpaired) electrons. The predicted octanol–water partition coefficient (Wildman–Crippen LogP) is 2.01. The lowest BCUT2D eigenvalue weighted by Gasteiger charge is -2.52. The number of likely N-dealkylation sites (tertiary alicyclic amines) is 1. The smallest absolute Gasteiger partial charge is 0.271 e. The molecule has 3 aromatic rings. The summed E-state index contributed by atoms with van der Waals surface area (Å²) in [5, 5.41) is 3.86. The Labute approximate surface area is 173 Å². The number of ether oxygens (including phenoxy) is 1. The molecule has 8 heteroatoms. The summed E-state index contributed by atoms with van der Waals surface area (Å²) >= 11 is 0. The van der Waals surface area contributed by atoms with Crippen LogP contribution in [0.15, 0.2) is 49.1 Å². The third-order valence-electron chi connectivity index (χ3n) is 6.05. The molecule has 1 aromatic carbocycles. The van der Waals surface area contributed by atoms with Gasteiger partial charge in [-0.3, -0.25) is 14.6 Å². The third kappa shape index (κ3) is 3.43. The molecule has 0 aliphatic carbocycles. The minimum atomic E-state index is -0.243. The lowest BCUT2D eigenvalue weighted by atomic mass is 9.82. The summed E-state index contributed by atoms with van der Waals surface area (Å²) in [5.74, 6) is 0.0807. The number of para-hydroxylation sites is 1. The van der Waals surface area contributed by atoms with Gasteiger partial charge in [-0.2, -0.15) is 0 Å². The van der Waals surface area contributed by atoms with Crippen LogP contribution in [-0.2, 0) is 4.74 Å². The van der Waals surface area contributed by atoms with Gasteiger partial charge in [-0.1, -0.05) is 18.2 Å². The molecule has 0 saturated carbocycles. The monoisotopic (exact) mass is 405 g/mol. The number of nitrogens with one attached hydrogen (secondary N) is 2. The van der Waals surface area contributed by atoms with E-state index in [9.17, 15) is 9.59 Å². The largest absolute Gasteiger partial charge is 0.371 e. The number of benzene rings is 1. The molecule has 0 unspecified atom stereocenters. The van der Waals surface area contributed by atoms with Crippen LogP contribution in [0.1, 0.15) is 33.7 Å². The first kappa shape index (κ1) is 18.7. The van der Waals surface area contributed by atoms with Crippen molar-refractivity contribution in [2.45, 2.75) is 18.4 Å². The van der Waals surface area contributed by atoms with Crippen LogP contribution in [0.3, 0.4) is 0 Å². The van der Waals surface area contributed by atoms with Crippen molar-refractivity contribution in [1.29, 1.82) is 0 Å². The minimum Gasteiger partial charge on any atom is -0.371 e. The number of aromatic nitrogens is 3. The fraction of sp³-hybridized carbons (Fsp3) is 0.364. The molecule has 2 fully saturated rings. The van der Waals surface area contributed by atoms with Crippen molar-refractivity contribution in [2.24, 2.45) is 5.92 Å². The number of amides is 2. The van der Waals surface area contributed by atoms with Gasteiger partial charge in [0.05, 0.1) is 31.5 Å². The van der Waals surface area contributed by atoms with Gasteiger partial charge in [0.15, 0.2) is 0 Å². The number of aromatic amines is 1. The van der Waals surface area contributed by atoms with Gasteiger partial charge in [0.1, 0.15) is 11.3 Å². The molecule has 30 heavy (non-hydrogen) atoms. The summed E-state index contributed by atoms with van der Waals surface area (Å²) in [6.45, 7) is 2.35. The first-order valence-electron chi connectivity index (χ1n) is 10.2. The predicted molar refractivity (Wildman–Crippen MR) is 110 cm³/mol. The van der Waals surface area contributed by atoms with Gasteiger partial charge in [0, 0.05) is 36.0 Å². The Bertz CT molecular complexity index is 1060. The Morgan fingerprint density at radius 3 is 2.90 bits per heavy atom. The van der Waals surface area contributed by atoms with E-state index in [2.05, 4.69) is 20.3 Å². The lowest BCUT2D eigenvalue weighted by molar-refractivity contribution is -0.166. The standard InChI is InChI=1S/C22H23N5O3/c28-20(19-11-23-7-8-24-19)26-9-15-5-6-22(30-12-15)13-27(14-22)21(29)17-10-25-18-4-2-1-3-16(17)18/h1-4,7-8,10-11,15,25H,5-6,9,12-14H2,(H,26,28)/t15-/m1/s1. The zero-order valence-corrected chi connectivity index (χ0v) is 16.5. The van der Waals surface area contributed by atoms with Crippen LogP contribution >= 0.6 is 0 Å². The Kier molecular flexibility index (Phi) is 4.71. The molecule has 2 aromatic heterocycles. The number of hydrogen-bond acceptors (Lipinski definition) is 5. The van der Waals surface area contributed by atoms with Gasteiger partial charge in [-0.05, 0) is 24.8 Å². The minimum absolute atomic E-state index is 0.0417. The topological polar surface area (TPSA) is 100 Å². The summed E-state index contributed by atoms with van der Waals surface area (Å²) in [5.41, 5.74) is 1.75. The van der Waals surface area contributed by atoms with Crippen LogP contribution in [0.4, 0.5) is 0 Å². The number of hydrogen-bond donors (Lipinski definition) is 2. The molecule has 2 aliphatic rings. The van der Waals surface area contributed by atoms with E-state index in [1.165, 1.54) is 18.6 Å². The second-order valence-electron chi connectivity index (χ2n) is 8.11. The first-order valence-corrected chi connectivity index (χ1v) is 10.2. The molecular weight excluding hydrogens is 382 g/mol. The van der Waals surface area contributed by atoms with Gasteiger partial charge in [0.25, 0.3) is 11.8 Å². The van der Waals surface area contributed by atoms with Gasteiger partial charge in [-0.25, -0.2) is 4.98 Å². The van der Waals surface area contributed by atoms with Crippen LogP contribution in [0.2, 0.25) is 0 Å². The summed E-state index contributed by atoms with van der Waals surface area (Å²) in [6.07, 6.45) is 8.12. The number of carbonyl (C=O) groups is 2. The van der Waals surface area contributed by atoms with Crippen molar-refractivity contribution in [1.82, 2.24) is 25.2 Å². The average molecular weight is 405 g/mol. The highest BCUT2D eigenvalue weighted by Crippen LogP contribution is 2.37. The molecular formula is C22H23N5O3. The van der Waals surface area contributed by atoms with Crippen LogP contribution in [0, 0.1) is 5.92 Å². The van der Waals surface area contributed by atoms with Gasteiger partial charge in [-0.15, -0.1) is 0 Å². The molecule has 5 rings (SSSR count). The second kappa shape index (κ2) is 7.53.